The molecule has 2 aromatic rings. The van der Waals surface area contributed by atoms with Gasteiger partial charge in [-0.15, -0.1) is 0 Å². The molecule has 0 fully saturated rings. The van der Waals surface area contributed by atoms with Crippen molar-refractivity contribution in [3.63, 3.8) is 0 Å². The van der Waals surface area contributed by atoms with Gasteiger partial charge in [-0.1, -0.05) is 31.2 Å². The van der Waals surface area contributed by atoms with Crippen molar-refractivity contribution in [2.24, 2.45) is 0 Å². The van der Waals surface area contributed by atoms with Gasteiger partial charge in [0.2, 0.25) is 0 Å². The van der Waals surface area contributed by atoms with E-state index in [1.165, 1.54) is 5.56 Å². The lowest BCUT2D eigenvalue weighted by Crippen LogP contribution is -1.93. The van der Waals surface area contributed by atoms with E-state index in [9.17, 15) is 0 Å². The fraction of sp³-hybridized carbons (Fsp3) is 0.143. The molecule has 0 heterocycles. The standard InChI is InChI=1S/C14H16N2/c1-2-10-4-3-5-11(8-10)13-9-12(15)6-7-14(13)16/h3-9H,2,15-16H2,1H3. The molecule has 82 valence electrons. The van der Waals surface area contributed by atoms with Gasteiger partial charge >= 0.3 is 0 Å². The SMILES string of the molecule is CCc1cccc(-c2cc(N)ccc2N)c1. The summed E-state index contributed by atoms with van der Waals surface area (Å²) in [5.74, 6) is 0. The van der Waals surface area contributed by atoms with Gasteiger partial charge in [-0.25, -0.2) is 0 Å². The highest BCUT2D eigenvalue weighted by atomic mass is 14.6. The summed E-state index contributed by atoms with van der Waals surface area (Å²) in [5.41, 5.74) is 16.7. The van der Waals surface area contributed by atoms with Crippen molar-refractivity contribution in [1.29, 1.82) is 0 Å². The van der Waals surface area contributed by atoms with Crippen LogP contribution >= 0.6 is 0 Å². The van der Waals surface area contributed by atoms with E-state index in [0.29, 0.717) is 0 Å². The lowest BCUT2D eigenvalue weighted by atomic mass is 10.0. The van der Waals surface area contributed by atoms with Crippen LogP contribution in [0.3, 0.4) is 0 Å². The Morgan fingerprint density at radius 2 is 1.81 bits per heavy atom. The number of hydrogen-bond acceptors (Lipinski definition) is 2. The highest BCUT2D eigenvalue weighted by Crippen LogP contribution is 2.28. The molecule has 0 aliphatic rings. The molecule has 4 N–H and O–H groups in total. The van der Waals surface area contributed by atoms with Crippen LogP contribution in [0.1, 0.15) is 12.5 Å². The van der Waals surface area contributed by atoms with Crippen molar-refractivity contribution in [3.05, 3.63) is 48.0 Å². The van der Waals surface area contributed by atoms with Gasteiger partial charge in [0.1, 0.15) is 0 Å². The maximum Gasteiger partial charge on any atom is 0.0395 e. The predicted octanol–water partition coefficient (Wildman–Crippen LogP) is 3.08. The predicted molar refractivity (Wildman–Crippen MR) is 70.1 cm³/mol. The Labute approximate surface area is 95.9 Å². The lowest BCUT2D eigenvalue weighted by Gasteiger charge is -2.08. The molecule has 0 radical (unpaired) electrons. The Balaban J connectivity index is 2.53. The number of aryl methyl sites for hydroxylation is 1. The number of nitrogen functional groups attached to an aromatic ring is 2. The zero-order valence-corrected chi connectivity index (χ0v) is 9.40. The van der Waals surface area contributed by atoms with E-state index in [4.69, 9.17) is 11.5 Å². The smallest absolute Gasteiger partial charge is 0.0395 e. The van der Waals surface area contributed by atoms with E-state index in [1.807, 2.05) is 18.2 Å². The number of benzene rings is 2. The first-order valence-corrected chi connectivity index (χ1v) is 5.45. The highest BCUT2D eigenvalue weighted by Gasteiger charge is 2.03. The normalized spacial score (nSPS) is 10.3. The van der Waals surface area contributed by atoms with E-state index in [1.54, 1.807) is 0 Å². The third-order valence-electron chi connectivity index (χ3n) is 2.72. The van der Waals surface area contributed by atoms with Gasteiger partial charge in [0.05, 0.1) is 0 Å². The van der Waals surface area contributed by atoms with Crippen LogP contribution in [0, 0.1) is 0 Å². The van der Waals surface area contributed by atoms with Crippen LogP contribution in [0.25, 0.3) is 11.1 Å². The molecule has 0 spiro atoms. The van der Waals surface area contributed by atoms with Gasteiger partial charge < -0.3 is 11.5 Å². The maximum absolute atomic E-state index is 5.96. The third-order valence-corrected chi connectivity index (χ3v) is 2.72. The van der Waals surface area contributed by atoms with Crippen LogP contribution in [-0.4, -0.2) is 0 Å². The zero-order valence-electron chi connectivity index (χ0n) is 9.40. The number of rotatable bonds is 2. The largest absolute Gasteiger partial charge is 0.399 e. The monoisotopic (exact) mass is 212 g/mol. The Hall–Kier alpha value is -1.96. The molecule has 2 rings (SSSR count). The van der Waals surface area contributed by atoms with Gasteiger partial charge in [0, 0.05) is 16.9 Å². The molecule has 0 saturated heterocycles. The van der Waals surface area contributed by atoms with E-state index < -0.39 is 0 Å². The van der Waals surface area contributed by atoms with E-state index in [2.05, 4.69) is 31.2 Å². The fourth-order valence-corrected chi connectivity index (χ4v) is 1.78. The number of nitrogens with two attached hydrogens (primary N) is 2. The Morgan fingerprint density at radius 1 is 1.00 bits per heavy atom. The molecule has 0 saturated carbocycles. The average Bonchev–Trinajstić information content (AvgIpc) is 2.32. The summed E-state index contributed by atoms with van der Waals surface area (Å²) in [4.78, 5) is 0. The Morgan fingerprint density at radius 3 is 2.56 bits per heavy atom. The topological polar surface area (TPSA) is 52.0 Å². The van der Waals surface area contributed by atoms with Crippen LogP contribution in [0.2, 0.25) is 0 Å². The summed E-state index contributed by atoms with van der Waals surface area (Å²) in [5, 5.41) is 0. The van der Waals surface area contributed by atoms with Crippen LogP contribution in [0.15, 0.2) is 42.5 Å². The quantitative estimate of drug-likeness (QED) is 0.751. The van der Waals surface area contributed by atoms with Crippen LogP contribution < -0.4 is 11.5 Å². The molecule has 0 atom stereocenters. The summed E-state index contributed by atoms with van der Waals surface area (Å²) in [7, 11) is 0. The first-order chi connectivity index (χ1) is 7.70. The molecule has 16 heavy (non-hydrogen) atoms. The van der Waals surface area contributed by atoms with Crippen molar-refractivity contribution in [1.82, 2.24) is 0 Å². The van der Waals surface area contributed by atoms with Gasteiger partial charge in [-0.3, -0.25) is 0 Å². The number of anilines is 2. The molecular formula is C14H16N2. The van der Waals surface area contributed by atoms with Crippen molar-refractivity contribution < 1.29 is 0 Å². The third kappa shape index (κ3) is 2.01. The molecular weight excluding hydrogens is 196 g/mol. The second-order valence-electron chi connectivity index (χ2n) is 3.90. The van der Waals surface area contributed by atoms with Crippen molar-refractivity contribution in [2.75, 3.05) is 11.5 Å². The maximum atomic E-state index is 5.96. The van der Waals surface area contributed by atoms with Crippen molar-refractivity contribution in [2.45, 2.75) is 13.3 Å². The van der Waals surface area contributed by atoms with E-state index in [-0.39, 0.29) is 0 Å². The Bertz CT molecular complexity index is 504. The highest BCUT2D eigenvalue weighted by molar-refractivity contribution is 5.79. The zero-order chi connectivity index (χ0) is 11.5. The van der Waals surface area contributed by atoms with E-state index >= 15 is 0 Å². The minimum atomic E-state index is 0.742. The first-order valence-electron chi connectivity index (χ1n) is 5.45. The second-order valence-corrected chi connectivity index (χ2v) is 3.90. The first kappa shape index (κ1) is 10.6. The molecule has 0 unspecified atom stereocenters. The molecule has 0 amide bonds. The van der Waals surface area contributed by atoms with Gasteiger partial charge in [0.25, 0.3) is 0 Å². The minimum absolute atomic E-state index is 0.742. The van der Waals surface area contributed by atoms with Crippen LogP contribution in [0.4, 0.5) is 11.4 Å². The molecule has 0 aliphatic heterocycles. The second kappa shape index (κ2) is 4.27. The lowest BCUT2D eigenvalue weighted by molar-refractivity contribution is 1.14. The molecule has 2 aromatic carbocycles. The number of hydrogen-bond donors (Lipinski definition) is 2. The fourth-order valence-electron chi connectivity index (χ4n) is 1.78. The molecule has 0 aromatic heterocycles. The summed E-state index contributed by atoms with van der Waals surface area (Å²) in [6.45, 7) is 2.14. The minimum Gasteiger partial charge on any atom is -0.399 e. The van der Waals surface area contributed by atoms with Gasteiger partial charge in [-0.2, -0.15) is 0 Å². The van der Waals surface area contributed by atoms with E-state index in [0.717, 1.165) is 28.9 Å². The molecule has 2 heteroatoms. The van der Waals surface area contributed by atoms with Crippen LogP contribution in [-0.2, 0) is 6.42 Å². The van der Waals surface area contributed by atoms with Crippen molar-refractivity contribution in [3.8, 4) is 11.1 Å². The van der Waals surface area contributed by atoms with Crippen LogP contribution in [0.5, 0.6) is 0 Å². The summed E-state index contributed by atoms with van der Waals surface area (Å²) in [6.07, 6.45) is 1.02. The summed E-state index contributed by atoms with van der Waals surface area (Å²) >= 11 is 0. The summed E-state index contributed by atoms with van der Waals surface area (Å²) < 4.78 is 0. The average molecular weight is 212 g/mol. The van der Waals surface area contributed by atoms with Gasteiger partial charge in [-0.05, 0) is 35.7 Å². The molecule has 0 aliphatic carbocycles. The van der Waals surface area contributed by atoms with Gasteiger partial charge in [0.15, 0.2) is 0 Å². The Kier molecular flexibility index (Phi) is 2.82. The van der Waals surface area contributed by atoms with Crippen molar-refractivity contribution >= 4 is 11.4 Å². The summed E-state index contributed by atoms with van der Waals surface area (Å²) in [6, 6.07) is 14.0. The molecule has 2 nitrogen and oxygen atoms in total. The molecule has 0 bridgehead atoms.